The number of rotatable bonds is 8. The third-order valence-corrected chi connectivity index (χ3v) is 9.08. The van der Waals surface area contributed by atoms with Gasteiger partial charge in [0, 0.05) is 14.9 Å². The first-order chi connectivity index (χ1) is 18.4. The smallest absolute Gasteiger partial charge is 0.267 e. The first-order valence-electron chi connectivity index (χ1n) is 11.8. The Balaban J connectivity index is 1.41. The maximum atomic E-state index is 13.8. The highest BCUT2D eigenvalue weighted by Gasteiger charge is 2.24. The van der Waals surface area contributed by atoms with Crippen LogP contribution < -0.4 is 15.7 Å². The number of thioether (sulfide) groups is 1. The predicted octanol–water partition coefficient (Wildman–Crippen LogP) is 5.81. The molecule has 5 rings (SSSR count). The summed E-state index contributed by atoms with van der Waals surface area (Å²) in [6, 6.07) is 10.7. The van der Waals surface area contributed by atoms with Crippen LogP contribution in [-0.2, 0) is 17.6 Å². The molecule has 2 N–H and O–H groups in total. The van der Waals surface area contributed by atoms with Crippen molar-refractivity contribution in [3.05, 3.63) is 71.7 Å². The number of carbonyl (C=O) groups is 1. The fraction of sp³-hybridized carbons (Fsp3) is 0.231. The fourth-order valence-electron chi connectivity index (χ4n) is 4.23. The van der Waals surface area contributed by atoms with Crippen LogP contribution in [0.25, 0.3) is 15.9 Å². The van der Waals surface area contributed by atoms with E-state index in [0.29, 0.717) is 43.5 Å². The standard InChI is InChI=1S/C26H22Br2N4O4S2/c1-2-36-17-8-6-16(7-9-17)32-25(35)22-18-4-3-5-20(18)38-24(22)30-26(32)37-13-21(33)31-29-12-14-10-15(27)11-19(28)23(14)34/h6-12,34H,2-5,13H2,1H3,(H,31,33). The molecule has 0 unspecified atom stereocenters. The molecule has 2 aromatic heterocycles. The average molecular weight is 678 g/mol. The molecule has 0 bridgehead atoms. The normalized spacial score (nSPS) is 12.8. The number of nitrogens with one attached hydrogen (secondary N) is 1. The van der Waals surface area contributed by atoms with Crippen molar-refractivity contribution in [3.63, 3.8) is 0 Å². The van der Waals surface area contributed by atoms with Crippen molar-refractivity contribution in [2.45, 2.75) is 31.3 Å². The Labute approximate surface area is 243 Å². The molecule has 0 fully saturated rings. The van der Waals surface area contributed by atoms with E-state index in [-0.39, 0.29) is 23.0 Å². The summed E-state index contributed by atoms with van der Waals surface area (Å²) in [6.45, 7) is 2.46. The highest BCUT2D eigenvalue weighted by Crippen LogP contribution is 2.36. The largest absolute Gasteiger partial charge is 0.506 e. The first-order valence-corrected chi connectivity index (χ1v) is 15.2. The van der Waals surface area contributed by atoms with Gasteiger partial charge in [0.2, 0.25) is 0 Å². The Kier molecular flexibility index (Phi) is 8.22. The van der Waals surface area contributed by atoms with Crippen LogP contribution in [0.2, 0.25) is 0 Å². The minimum atomic E-state index is -0.374. The molecule has 0 aliphatic heterocycles. The maximum Gasteiger partial charge on any atom is 0.267 e. The van der Waals surface area contributed by atoms with Gasteiger partial charge in [0.05, 0.1) is 34.1 Å². The van der Waals surface area contributed by atoms with Crippen LogP contribution in [0.1, 0.15) is 29.3 Å². The highest BCUT2D eigenvalue weighted by molar-refractivity contribution is 9.11. The van der Waals surface area contributed by atoms with Crippen molar-refractivity contribution < 1.29 is 14.6 Å². The van der Waals surface area contributed by atoms with Crippen molar-refractivity contribution >= 4 is 77.3 Å². The van der Waals surface area contributed by atoms with Crippen LogP contribution in [0.5, 0.6) is 11.5 Å². The van der Waals surface area contributed by atoms with Gasteiger partial charge in [-0.3, -0.25) is 14.2 Å². The molecule has 0 saturated carbocycles. The number of thiophene rings is 1. The number of fused-ring (bicyclic) bond motifs is 3. The number of benzene rings is 2. The van der Waals surface area contributed by atoms with E-state index in [1.54, 1.807) is 28.0 Å². The summed E-state index contributed by atoms with van der Waals surface area (Å²) in [5.41, 5.74) is 4.53. The number of aromatic nitrogens is 2. The third-order valence-electron chi connectivity index (χ3n) is 5.90. The minimum Gasteiger partial charge on any atom is -0.506 e. The Bertz CT molecular complexity index is 1620. The molecule has 8 nitrogen and oxygen atoms in total. The lowest BCUT2D eigenvalue weighted by molar-refractivity contribution is -0.118. The number of carbonyl (C=O) groups excluding carboxylic acids is 1. The zero-order valence-corrected chi connectivity index (χ0v) is 25.0. The van der Waals surface area contributed by atoms with Gasteiger partial charge in [-0.25, -0.2) is 10.4 Å². The number of phenolic OH excluding ortho intramolecular Hbond substituents is 1. The Morgan fingerprint density at radius 1 is 1.29 bits per heavy atom. The van der Waals surface area contributed by atoms with Crippen molar-refractivity contribution in [1.29, 1.82) is 0 Å². The first kappa shape index (κ1) is 26.9. The molecule has 2 heterocycles. The van der Waals surface area contributed by atoms with Gasteiger partial charge in [-0.2, -0.15) is 5.10 Å². The van der Waals surface area contributed by atoms with E-state index in [2.05, 4.69) is 42.4 Å². The molecule has 38 heavy (non-hydrogen) atoms. The number of aryl methyl sites for hydroxylation is 2. The Hall–Kier alpha value is -2.67. The minimum absolute atomic E-state index is 0.00837. The molecule has 0 saturated heterocycles. The van der Waals surface area contributed by atoms with E-state index in [0.717, 1.165) is 29.3 Å². The molecule has 1 aliphatic carbocycles. The third kappa shape index (κ3) is 5.54. The van der Waals surface area contributed by atoms with Crippen molar-refractivity contribution in [2.75, 3.05) is 12.4 Å². The fourth-order valence-corrected chi connectivity index (χ4v) is 7.59. The highest BCUT2D eigenvalue weighted by atomic mass is 79.9. The van der Waals surface area contributed by atoms with Gasteiger partial charge in [-0.05, 0) is 84.1 Å². The lowest BCUT2D eigenvalue weighted by Gasteiger charge is -2.13. The van der Waals surface area contributed by atoms with Gasteiger partial charge in [0.25, 0.3) is 11.5 Å². The summed E-state index contributed by atoms with van der Waals surface area (Å²) in [6.07, 6.45) is 4.25. The Morgan fingerprint density at radius 2 is 2.08 bits per heavy atom. The van der Waals surface area contributed by atoms with Gasteiger partial charge in [-0.1, -0.05) is 27.7 Å². The summed E-state index contributed by atoms with van der Waals surface area (Å²) in [7, 11) is 0. The van der Waals surface area contributed by atoms with Crippen molar-refractivity contribution in [3.8, 4) is 17.2 Å². The van der Waals surface area contributed by atoms with Crippen LogP contribution in [0.4, 0.5) is 0 Å². The number of nitrogens with zero attached hydrogens (tertiary/aromatic N) is 3. The van der Waals surface area contributed by atoms with Gasteiger partial charge in [0.1, 0.15) is 16.3 Å². The molecule has 196 valence electrons. The predicted molar refractivity (Wildman–Crippen MR) is 158 cm³/mol. The summed E-state index contributed by atoms with van der Waals surface area (Å²) < 4.78 is 8.37. The second kappa shape index (κ2) is 11.6. The SMILES string of the molecule is CCOc1ccc(-n2c(SCC(=O)NN=Cc3cc(Br)cc(Br)c3O)nc3sc4c(c3c2=O)CCC4)cc1. The van der Waals surface area contributed by atoms with Gasteiger partial charge in [0.15, 0.2) is 5.16 Å². The Morgan fingerprint density at radius 3 is 2.84 bits per heavy atom. The number of amides is 1. The van der Waals surface area contributed by atoms with E-state index in [1.807, 2.05) is 31.2 Å². The number of hydrogen-bond acceptors (Lipinski definition) is 8. The number of phenols is 1. The molecule has 4 aromatic rings. The average Bonchev–Trinajstić information content (AvgIpc) is 3.48. The summed E-state index contributed by atoms with van der Waals surface area (Å²) in [5.74, 6) is 0.344. The van der Waals surface area contributed by atoms with E-state index in [9.17, 15) is 14.7 Å². The van der Waals surface area contributed by atoms with Crippen LogP contribution in [0.3, 0.4) is 0 Å². The molecule has 0 spiro atoms. The maximum absolute atomic E-state index is 13.8. The van der Waals surface area contributed by atoms with Crippen LogP contribution in [0, 0.1) is 0 Å². The molecule has 0 radical (unpaired) electrons. The summed E-state index contributed by atoms with van der Waals surface area (Å²) in [5, 5.41) is 15.2. The van der Waals surface area contributed by atoms with Crippen LogP contribution in [-0.4, -0.2) is 39.1 Å². The number of halogens is 2. The zero-order valence-electron chi connectivity index (χ0n) is 20.2. The molecule has 12 heteroatoms. The zero-order chi connectivity index (χ0) is 26.8. The summed E-state index contributed by atoms with van der Waals surface area (Å²) >= 11 is 9.36. The van der Waals surface area contributed by atoms with Gasteiger partial charge >= 0.3 is 0 Å². The number of hydrogen-bond donors (Lipinski definition) is 2. The van der Waals surface area contributed by atoms with Gasteiger partial charge in [-0.15, -0.1) is 11.3 Å². The quantitative estimate of drug-likeness (QED) is 0.106. The van der Waals surface area contributed by atoms with Crippen LogP contribution in [0.15, 0.2) is 60.4 Å². The van der Waals surface area contributed by atoms with E-state index >= 15 is 0 Å². The van der Waals surface area contributed by atoms with E-state index in [1.165, 1.54) is 22.9 Å². The number of aromatic hydroxyl groups is 1. The monoisotopic (exact) mass is 676 g/mol. The van der Waals surface area contributed by atoms with Crippen molar-refractivity contribution in [1.82, 2.24) is 15.0 Å². The summed E-state index contributed by atoms with van der Waals surface area (Å²) in [4.78, 5) is 33.1. The molecule has 0 atom stereocenters. The lowest BCUT2D eigenvalue weighted by Crippen LogP contribution is -2.24. The van der Waals surface area contributed by atoms with Gasteiger partial charge < -0.3 is 9.84 Å². The molecule has 1 amide bonds. The number of ether oxygens (including phenoxy) is 1. The van der Waals surface area contributed by atoms with Crippen molar-refractivity contribution in [2.24, 2.45) is 5.10 Å². The molecule has 1 aliphatic rings. The van der Waals surface area contributed by atoms with E-state index < -0.39 is 0 Å². The molecular weight excluding hydrogens is 656 g/mol. The lowest BCUT2D eigenvalue weighted by atomic mass is 10.2. The second-order valence-corrected chi connectivity index (χ2v) is 12.2. The molecule has 2 aromatic carbocycles. The molecular formula is C26H22Br2N4O4S2. The van der Waals surface area contributed by atoms with E-state index in [4.69, 9.17) is 9.72 Å². The second-order valence-electron chi connectivity index (χ2n) is 8.41. The topological polar surface area (TPSA) is 106 Å². The number of hydrazone groups is 1. The van der Waals surface area contributed by atoms with Crippen LogP contribution >= 0.6 is 55.0 Å².